The quantitative estimate of drug-likeness (QED) is 0.553. The normalized spacial score (nSPS) is 31.2. The van der Waals surface area contributed by atoms with Crippen LogP contribution in [0.3, 0.4) is 0 Å². The Morgan fingerprint density at radius 3 is 2.92 bits per heavy atom. The Labute approximate surface area is 75.4 Å². The summed E-state index contributed by atoms with van der Waals surface area (Å²) in [6.07, 6.45) is 9.31. The van der Waals surface area contributed by atoms with Crippen LogP contribution in [0.1, 0.15) is 39.0 Å². The highest BCUT2D eigenvalue weighted by molar-refractivity contribution is 5.29. The molecule has 0 aromatic heterocycles. The van der Waals surface area contributed by atoms with Gasteiger partial charge in [-0.05, 0) is 50.9 Å². The van der Waals surface area contributed by atoms with E-state index in [2.05, 4.69) is 19.6 Å². The summed E-state index contributed by atoms with van der Waals surface area (Å²) in [6, 6.07) is 0. The van der Waals surface area contributed by atoms with Gasteiger partial charge in [-0.2, -0.15) is 0 Å². The lowest BCUT2D eigenvalue weighted by Gasteiger charge is -2.45. The number of fused-ring (bicyclic) bond motifs is 1. The molecule has 0 heterocycles. The van der Waals surface area contributed by atoms with E-state index in [-0.39, 0.29) is 0 Å². The minimum absolute atomic E-state index is 0.975. The molecule has 2 atom stereocenters. The van der Waals surface area contributed by atoms with E-state index in [1.54, 1.807) is 5.57 Å². The maximum Gasteiger partial charge on any atom is -0.0160 e. The fourth-order valence-corrected chi connectivity index (χ4v) is 2.41. The van der Waals surface area contributed by atoms with Crippen LogP contribution in [0.5, 0.6) is 0 Å². The standard InChI is InChI=1S/C12H18/c1-9(2)4-3-5-10-8-11-6-7-12(10)11/h7,10-11H,1,3-6,8H2,2H3. The summed E-state index contributed by atoms with van der Waals surface area (Å²) in [5, 5.41) is 0. The summed E-state index contributed by atoms with van der Waals surface area (Å²) in [4.78, 5) is 0. The average molecular weight is 162 g/mol. The van der Waals surface area contributed by atoms with Crippen molar-refractivity contribution in [2.24, 2.45) is 11.8 Å². The molecule has 12 heavy (non-hydrogen) atoms. The van der Waals surface area contributed by atoms with E-state index < -0.39 is 0 Å². The monoisotopic (exact) mass is 162 g/mol. The van der Waals surface area contributed by atoms with Crippen molar-refractivity contribution in [2.45, 2.75) is 39.0 Å². The lowest BCUT2D eigenvalue weighted by molar-refractivity contribution is 0.259. The van der Waals surface area contributed by atoms with Crippen molar-refractivity contribution in [1.29, 1.82) is 0 Å². The maximum absolute atomic E-state index is 3.93. The smallest absolute Gasteiger partial charge is 0.0160 e. The summed E-state index contributed by atoms with van der Waals surface area (Å²) in [6.45, 7) is 6.06. The van der Waals surface area contributed by atoms with Crippen LogP contribution in [-0.2, 0) is 0 Å². The minimum atomic E-state index is 0.975. The zero-order valence-corrected chi connectivity index (χ0v) is 7.97. The predicted molar refractivity (Wildman–Crippen MR) is 53.0 cm³/mol. The Hall–Kier alpha value is -0.520. The first kappa shape index (κ1) is 8.10. The molecule has 2 rings (SSSR count). The Balaban J connectivity index is 1.65. The molecule has 0 bridgehead atoms. The van der Waals surface area contributed by atoms with Gasteiger partial charge in [0.1, 0.15) is 0 Å². The second-order valence-electron chi connectivity index (χ2n) is 4.42. The molecule has 0 spiro atoms. The van der Waals surface area contributed by atoms with Crippen molar-refractivity contribution in [2.75, 3.05) is 0 Å². The second kappa shape index (κ2) is 3.08. The summed E-state index contributed by atoms with van der Waals surface area (Å²) in [5.74, 6) is 2.00. The van der Waals surface area contributed by atoms with Crippen molar-refractivity contribution < 1.29 is 0 Å². The van der Waals surface area contributed by atoms with Crippen molar-refractivity contribution >= 4 is 0 Å². The summed E-state index contributed by atoms with van der Waals surface area (Å²) in [5.41, 5.74) is 3.13. The van der Waals surface area contributed by atoms with Gasteiger partial charge in [-0.15, -0.1) is 6.58 Å². The number of allylic oxidation sites excluding steroid dienone is 3. The van der Waals surface area contributed by atoms with E-state index in [1.165, 1.54) is 37.7 Å². The average Bonchev–Trinajstić information content (AvgIpc) is 1.97. The number of rotatable bonds is 4. The zero-order chi connectivity index (χ0) is 8.55. The SMILES string of the molecule is C=C(C)CCCC1CC2CC=C21. The molecule has 0 aromatic rings. The third-order valence-corrected chi connectivity index (χ3v) is 3.31. The first-order valence-electron chi connectivity index (χ1n) is 5.11. The van der Waals surface area contributed by atoms with Crippen LogP contribution < -0.4 is 0 Å². The topological polar surface area (TPSA) is 0 Å². The van der Waals surface area contributed by atoms with Crippen LogP contribution in [-0.4, -0.2) is 0 Å². The Morgan fingerprint density at radius 1 is 1.67 bits per heavy atom. The molecule has 0 radical (unpaired) electrons. The molecule has 0 nitrogen and oxygen atoms in total. The highest BCUT2D eigenvalue weighted by Crippen LogP contribution is 2.51. The molecule has 2 unspecified atom stereocenters. The van der Waals surface area contributed by atoms with Gasteiger partial charge in [0.05, 0.1) is 0 Å². The molecule has 1 fully saturated rings. The van der Waals surface area contributed by atoms with Gasteiger partial charge in [-0.1, -0.05) is 17.2 Å². The molecule has 0 heteroatoms. The van der Waals surface area contributed by atoms with Crippen LogP contribution >= 0.6 is 0 Å². The summed E-state index contributed by atoms with van der Waals surface area (Å²) < 4.78 is 0. The largest absolute Gasteiger partial charge is 0.100 e. The molecule has 0 aromatic carbocycles. The van der Waals surface area contributed by atoms with Crippen LogP contribution in [0, 0.1) is 11.8 Å². The highest BCUT2D eigenvalue weighted by atomic mass is 14.4. The van der Waals surface area contributed by atoms with Crippen molar-refractivity contribution in [1.82, 2.24) is 0 Å². The molecular formula is C12H18. The Kier molecular flexibility index (Phi) is 2.08. The Morgan fingerprint density at radius 2 is 2.50 bits per heavy atom. The summed E-state index contributed by atoms with van der Waals surface area (Å²) in [7, 11) is 0. The van der Waals surface area contributed by atoms with Gasteiger partial charge in [0.25, 0.3) is 0 Å². The first-order chi connectivity index (χ1) is 5.77. The van der Waals surface area contributed by atoms with Crippen molar-refractivity contribution in [3.8, 4) is 0 Å². The van der Waals surface area contributed by atoms with Gasteiger partial charge in [0.15, 0.2) is 0 Å². The highest BCUT2D eigenvalue weighted by Gasteiger charge is 2.38. The molecule has 0 amide bonds. The van der Waals surface area contributed by atoms with Gasteiger partial charge in [-0.25, -0.2) is 0 Å². The Bertz CT molecular complexity index is 222. The first-order valence-corrected chi connectivity index (χ1v) is 5.11. The molecular weight excluding hydrogens is 144 g/mol. The van der Waals surface area contributed by atoms with E-state index >= 15 is 0 Å². The zero-order valence-electron chi connectivity index (χ0n) is 7.97. The molecule has 2 aliphatic carbocycles. The third-order valence-electron chi connectivity index (χ3n) is 3.31. The number of hydrogen-bond donors (Lipinski definition) is 0. The molecule has 0 N–H and O–H groups in total. The third kappa shape index (κ3) is 1.35. The van der Waals surface area contributed by atoms with Crippen LogP contribution in [0.2, 0.25) is 0 Å². The van der Waals surface area contributed by atoms with Crippen LogP contribution in [0.15, 0.2) is 23.8 Å². The van der Waals surface area contributed by atoms with Crippen molar-refractivity contribution in [3.63, 3.8) is 0 Å². The van der Waals surface area contributed by atoms with E-state index in [0.717, 1.165) is 11.8 Å². The lowest BCUT2D eigenvalue weighted by atomic mass is 9.60. The van der Waals surface area contributed by atoms with E-state index in [9.17, 15) is 0 Å². The van der Waals surface area contributed by atoms with Crippen LogP contribution in [0.4, 0.5) is 0 Å². The van der Waals surface area contributed by atoms with E-state index in [0.29, 0.717) is 0 Å². The fraction of sp³-hybridized carbons (Fsp3) is 0.667. The maximum atomic E-state index is 3.93. The summed E-state index contributed by atoms with van der Waals surface area (Å²) >= 11 is 0. The van der Waals surface area contributed by atoms with Gasteiger partial charge < -0.3 is 0 Å². The molecule has 2 aliphatic rings. The van der Waals surface area contributed by atoms with E-state index in [1.807, 2.05) is 0 Å². The van der Waals surface area contributed by atoms with Crippen molar-refractivity contribution in [3.05, 3.63) is 23.8 Å². The molecule has 66 valence electrons. The molecule has 0 aliphatic heterocycles. The second-order valence-corrected chi connectivity index (χ2v) is 4.42. The molecule has 0 saturated heterocycles. The van der Waals surface area contributed by atoms with Gasteiger partial charge in [-0.3, -0.25) is 0 Å². The predicted octanol–water partition coefficient (Wildman–Crippen LogP) is 3.70. The van der Waals surface area contributed by atoms with Gasteiger partial charge in [0, 0.05) is 0 Å². The van der Waals surface area contributed by atoms with E-state index in [4.69, 9.17) is 0 Å². The molecule has 1 saturated carbocycles. The fourth-order valence-electron chi connectivity index (χ4n) is 2.41. The van der Waals surface area contributed by atoms with Gasteiger partial charge in [0.2, 0.25) is 0 Å². The van der Waals surface area contributed by atoms with Crippen LogP contribution in [0.25, 0.3) is 0 Å². The number of hydrogen-bond acceptors (Lipinski definition) is 0. The lowest BCUT2D eigenvalue weighted by Crippen LogP contribution is -2.33. The van der Waals surface area contributed by atoms with Gasteiger partial charge >= 0.3 is 0 Å². The minimum Gasteiger partial charge on any atom is -0.100 e.